The zero-order chi connectivity index (χ0) is 10.8. The molecular formula is C10H17NO3. The minimum atomic E-state index is -0.363. The van der Waals surface area contributed by atoms with Gasteiger partial charge in [0.1, 0.15) is 0 Å². The highest BCUT2D eigenvalue weighted by molar-refractivity contribution is 5.89. The Hall–Kier alpha value is -1.19. The minimum absolute atomic E-state index is 0.0506. The first-order chi connectivity index (χ1) is 6.46. The van der Waals surface area contributed by atoms with E-state index in [-0.39, 0.29) is 17.3 Å². The van der Waals surface area contributed by atoms with Gasteiger partial charge in [-0.05, 0) is 13.3 Å². The van der Waals surface area contributed by atoms with Crippen LogP contribution in [0.3, 0.4) is 0 Å². The number of nitrogens with two attached hydrogens (primary N) is 1. The first-order valence-electron chi connectivity index (χ1n) is 4.75. The molecule has 0 aromatic heterocycles. The van der Waals surface area contributed by atoms with E-state index in [4.69, 9.17) is 15.2 Å². The molecule has 0 radical (unpaired) electrons. The van der Waals surface area contributed by atoms with E-state index in [9.17, 15) is 4.79 Å². The van der Waals surface area contributed by atoms with Crippen LogP contribution in [-0.4, -0.2) is 19.2 Å². The van der Waals surface area contributed by atoms with Gasteiger partial charge in [0.25, 0.3) is 0 Å². The third-order valence-corrected chi connectivity index (χ3v) is 2.09. The number of rotatable bonds is 2. The standard InChI is InChI=1S/C10H17NO3/c1-4-13-9(12)7-5-10(2,3)6-14-8(7)11/h4-6,11H2,1-3H3. The van der Waals surface area contributed by atoms with Gasteiger partial charge in [-0.1, -0.05) is 13.8 Å². The summed E-state index contributed by atoms with van der Waals surface area (Å²) in [5, 5.41) is 0. The molecule has 0 fully saturated rings. The van der Waals surface area contributed by atoms with Crippen LogP contribution in [0.25, 0.3) is 0 Å². The van der Waals surface area contributed by atoms with E-state index in [1.807, 2.05) is 13.8 Å². The summed E-state index contributed by atoms with van der Waals surface area (Å²) in [5.74, 6) is -0.152. The smallest absolute Gasteiger partial charge is 0.339 e. The molecule has 1 heterocycles. The predicted molar refractivity (Wildman–Crippen MR) is 52.2 cm³/mol. The number of esters is 1. The van der Waals surface area contributed by atoms with Crippen molar-refractivity contribution in [1.29, 1.82) is 0 Å². The largest absolute Gasteiger partial charge is 0.478 e. The predicted octanol–water partition coefficient (Wildman–Crippen LogP) is 1.17. The Kier molecular flexibility index (Phi) is 3.03. The van der Waals surface area contributed by atoms with Gasteiger partial charge in [-0.25, -0.2) is 4.79 Å². The molecular weight excluding hydrogens is 182 g/mol. The second kappa shape index (κ2) is 3.90. The lowest BCUT2D eigenvalue weighted by atomic mass is 9.85. The van der Waals surface area contributed by atoms with Gasteiger partial charge < -0.3 is 15.2 Å². The fourth-order valence-corrected chi connectivity index (χ4v) is 1.37. The molecule has 0 amide bonds. The summed E-state index contributed by atoms with van der Waals surface area (Å²) >= 11 is 0. The van der Waals surface area contributed by atoms with Crippen LogP contribution in [0.4, 0.5) is 0 Å². The highest BCUT2D eigenvalue weighted by Crippen LogP contribution is 2.31. The Bertz CT molecular complexity index is 269. The van der Waals surface area contributed by atoms with Gasteiger partial charge in [0, 0.05) is 5.41 Å². The van der Waals surface area contributed by atoms with Gasteiger partial charge in [0.2, 0.25) is 0 Å². The van der Waals surface area contributed by atoms with E-state index in [2.05, 4.69) is 0 Å². The lowest BCUT2D eigenvalue weighted by Gasteiger charge is -2.30. The Morgan fingerprint density at radius 1 is 1.64 bits per heavy atom. The van der Waals surface area contributed by atoms with Gasteiger partial charge in [-0.15, -0.1) is 0 Å². The average Bonchev–Trinajstić information content (AvgIpc) is 2.10. The van der Waals surface area contributed by atoms with Crippen molar-refractivity contribution in [2.24, 2.45) is 11.1 Å². The second-order valence-electron chi connectivity index (χ2n) is 4.19. The first kappa shape index (κ1) is 10.9. The fraction of sp³-hybridized carbons (Fsp3) is 0.700. The van der Waals surface area contributed by atoms with E-state index in [0.29, 0.717) is 25.2 Å². The maximum atomic E-state index is 11.5. The summed E-state index contributed by atoms with van der Waals surface area (Å²) in [6, 6.07) is 0. The zero-order valence-corrected chi connectivity index (χ0v) is 8.92. The molecule has 80 valence electrons. The molecule has 0 aromatic carbocycles. The van der Waals surface area contributed by atoms with E-state index in [1.54, 1.807) is 6.92 Å². The van der Waals surface area contributed by atoms with Gasteiger partial charge in [-0.2, -0.15) is 0 Å². The maximum absolute atomic E-state index is 11.5. The summed E-state index contributed by atoms with van der Waals surface area (Å²) in [6.07, 6.45) is 0.609. The van der Waals surface area contributed by atoms with Crippen molar-refractivity contribution in [1.82, 2.24) is 0 Å². The van der Waals surface area contributed by atoms with E-state index in [1.165, 1.54) is 0 Å². The van der Waals surface area contributed by atoms with Crippen LogP contribution in [0.2, 0.25) is 0 Å². The van der Waals surface area contributed by atoms with Crippen LogP contribution in [0, 0.1) is 5.41 Å². The number of hydrogen-bond acceptors (Lipinski definition) is 4. The van der Waals surface area contributed by atoms with Crippen molar-refractivity contribution < 1.29 is 14.3 Å². The SMILES string of the molecule is CCOC(=O)C1=C(N)OCC(C)(C)C1. The lowest BCUT2D eigenvalue weighted by Crippen LogP contribution is -2.31. The minimum Gasteiger partial charge on any atom is -0.478 e. The van der Waals surface area contributed by atoms with Gasteiger partial charge in [0.05, 0.1) is 18.8 Å². The van der Waals surface area contributed by atoms with Crippen LogP contribution >= 0.6 is 0 Å². The molecule has 1 rings (SSSR count). The zero-order valence-electron chi connectivity index (χ0n) is 8.92. The van der Waals surface area contributed by atoms with E-state index < -0.39 is 0 Å². The summed E-state index contributed by atoms with van der Waals surface area (Å²) in [4.78, 5) is 11.5. The fourth-order valence-electron chi connectivity index (χ4n) is 1.37. The molecule has 0 bridgehead atoms. The Morgan fingerprint density at radius 2 is 2.29 bits per heavy atom. The molecule has 0 saturated heterocycles. The van der Waals surface area contributed by atoms with Crippen molar-refractivity contribution in [3.05, 3.63) is 11.5 Å². The molecule has 0 aromatic rings. The van der Waals surface area contributed by atoms with Crippen molar-refractivity contribution in [3.8, 4) is 0 Å². The topological polar surface area (TPSA) is 61.5 Å². The normalized spacial score (nSPS) is 20.2. The van der Waals surface area contributed by atoms with Crippen molar-refractivity contribution in [3.63, 3.8) is 0 Å². The third-order valence-electron chi connectivity index (χ3n) is 2.09. The maximum Gasteiger partial charge on any atom is 0.339 e. The molecule has 0 unspecified atom stereocenters. The van der Waals surface area contributed by atoms with Crippen LogP contribution in [0.5, 0.6) is 0 Å². The highest BCUT2D eigenvalue weighted by Gasteiger charge is 2.31. The monoisotopic (exact) mass is 199 g/mol. The van der Waals surface area contributed by atoms with Crippen LogP contribution in [0.1, 0.15) is 27.2 Å². The number of carbonyl (C=O) groups is 1. The van der Waals surface area contributed by atoms with E-state index in [0.717, 1.165) is 0 Å². The van der Waals surface area contributed by atoms with Crippen LogP contribution in [-0.2, 0) is 14.3 Å². The summed E-state index contributed by atoms with van der Waals surface area (Å²) in [7, 11) is 0. The summed E-state index contributed by atoms with van der Waals surface area (Å²) in [5.41, 5.74) is 6.00. The Balaban J connectivity index is 2.79. The Morgan fingerprint density at radius 3 is 2.86 bits per heavy atom. The molecule has 2 N–H and O–H groups in total. The summed E-state index contributed by atoms with van der Waals surface area (Å²) in [6.45, 7) is 6.72. The number of hydrogen-bond donors (Lipinski definition) is 1. The molecule has 0 saturated carbocycles. The third kappa shape index (κ3) is 2.40. The Labute approximate surface area is 84.1 Å². The van der Waals surface area contributed by atoms with Gasteiger partial charge in [-0.3, -0.25) is 0 Å². The number of ether oxygens (including phenoxy) is 2. The second-order valence-corrected chi connectivity index (χ2v) is 4.19. The number of carbonyl (C=O) groups excluding carboxylic acids is 1. The highest BCUT2D eigenvalue weighted by atomic mass is 16.5. The molecule has 4 nitrogen and oxygen atoms in total. The average molecular weight is 199 g/mol. The van der Waals surface area contributed by atoms with Crippen molar-refractivity contribution in [2.75, 3.05) is 13.2 Å². The van der Waals surface area contributed by atoms with Crippen LogP contribution < -0.4 is 5.73 Å². The van der Waals surface area contributed by atoms with Gasteiger partial charge in [0.15, 0.2) is 5.88 Å². The quantitative estimate of drug-likeness (QED) is 0.678. The summed E-state index contributed by atoms with van der Waals surface area (Å²) < 4.78 is 10.1. The van der Waals surface area contributed by atoms with Gasteiger partial charge >= 0.3 is 5.97 Å². The molecule has 1 aliphatic heterocycles. The molecule has 1 aliphatic rings. The molecule has 0 atom stereocenters. The molecule has 0 spiro atoms. The lowest BCUT2D eigenvalue weighted by molar-refractivity contribution is -0.139. The van der Waals surface area contributed by atoms with Crippen molar-refractivity contribution in [2.45, 2.75) is 27.2 Å². The first-order valence-corrected chi connectivity index (χ1v) is 4.75. The van der Waals surface area contributed by atoms with E-state index >= 15 is 0 Å². The molecule has 14 heavy (non-hydrogen) atoms. The molecule has 0 aliphatic carbocycles. The van der Waals surface area contributed by atoms with Crippen LogP contribution in [0.15, 0.2) is 11.5 Å². The van der Waals surface area contributed by atoms with Crippen molar-refractivity contribution >= 4 is 5.97 Å². The molecule has 4 heteroatoms.